The lowest BCUT2D eigenvalue weighted by Gasteiger charge is -2.35. The number of benzene rings is 2. The van der Waals surface area contributed by atoms with E-state index in [0.717, 1.165) is 12.3 Å². The topological polar surface area (TPSA) is 58.6 Å². The van der Waals surface area contributed by atoms with Crippen molar-refractivity contribution in [1.82, 2.24) is 5.32 Å². The molecular formula is C25H29NO3. The summed E-state index contributed by atoms with van der Waals surface area (Å²) < 4.78 is 5.60. The maximum absolute atomic E-state index is 12.4. The second-order valence-corrected chi connectivity index (χ2v) is 9.32. The number of carbonyl (C=O) groups excluding carboxylic acids is 1. The summed E-state index contributed by atoms with van der Waals surface area (Å²) in [6.45, 7) is 2.41. The van der Waals surface area contributed by atoms with E-state index >= 15 is 0 Å². The number of carbonyl (C=O) groups is 1. The van der Waals surface area contributed by atoms with E-state index in [4.69, 9.17) is 4.74 Å². The summed E-state index contributed by atoms with van der Waals surface area (Å²) in [5.74, 6) is 1.72. The Hall–Kier alpha value is -2.33. The summed E-state index contributed by atoms with van der Waals surface area (Å²) in [4.78, 5) is 12.4. The highest BCUT2D eigenvalue weighted by atomic mass is 16.5. The second-order valence-electron chi connectivity index (χ2n) is 9.32. The number of fused-ring (bicyclic) bond motifs is 5. The quantitative estimate of drug-likeness (QED) is 0.776. The average Bonchev–Trinajstić information content (AvgIpc) is 3.44. The first kappa shape index (κ1) is 18.7. The SMILES string of the molecule is CC(O)(CNC(=O)OCC1c2ccccc2-c2ccccc21)C1CC2CCC1C2. The number of amides is 1. The Labute approximate surface area is 172 Å². The molecule has 0 radical (unpaired) electrons. The van der Waals surface area contributed by atoms with Gasteiger partial charge < -0.3 is 15.2 Å². The summed E-state index contributed by atoms with van der Waals surface area (Å²) in [6.07, 6.45) is 4.40. The molecule has 2 aromatic carbocycles. The summed E-state index contributed by atoms with van der Waals surface area (Å²) >= 11 is 0. The zero-order chi connectivity index (χ0) is 20.0. The van der Waals surface area contributed by atoms with Gasteiger partial charge >= 0.3 is 6.09 Å². The standard InChI is InChI=1S/C25H29NO3/c1-25(28,23-13-16-10-11-17(23)12-16)15-26-24(27)29-14-22-20-8-4-2-6-18(20)19-7-3-5-9-21(19)22/h2-9,16-17,22-23,28H,10-15H2,1H3,(H,26,27). The van der Waals surface area contributed by atoms with Crippen LogP contribution in [0.25, 0.3) is 11.1 Å². The van der Waals surface area contributed by atoms with Crippen LogP contribution in [0.5, 0.6) is 0 Å². The van der Waals surface area contributed by atoms with Crippen LogP contribution < -0.4 is 5.32 Å². The minimum atomic E-state index is -0.870. The van der Waals surface area contributed by atoms with Crippen LogP contribution in [0.4, 0.5) is 4.79 Å². The highest BCUT2D eigenvalue weighted by Gasteiger charge is 2.47. The first-order valence-electron chi connectivity index (χ1n) is 10.8. The van der Waals surface area contributed by atoms with Crippen LogP contribution in [0.15, 0.2) is 48.5 Å². The van der Waals surface area contributed by atoms with Crippen molar-refractivity contribution < 1.29 is 14.6 Å². The summed E-state index contributed by atoms with van der Waals surface area (Å²) in [7, 11) is 0. The predicted molar refractivity (Wildman–Crippen MR) is 113 cm³/mol. The van der Waals surface area contributed by atoms with Gasteiger partial charge in [0.2, 0.25) is 0 Å². The Morgan fingerprint density at radius 2 is 1.72 bits per heavy atom. The monoisotopic (exact) mass is 391 g/mol. The molecule has 4 atom stereocenters. The van der Waals surface area contributed by atoms with Crippen LogP contribution >= 0.6 is 0 Å². The van der Waals surface area contributed by atoms with Crippen molar-refractivity contribution in [2.75, 3.05) is 13.2 Å². The fourth-order valence-electron chi connectivity index (χ4n) is 6.04. The molecule has 0 spiro atoms. The van der Waals surface area contributed by atoms with Crippen LogP contribution in [-0.2, 0) is 4.74 Å². The van der Waals surface area contributed by atoms with Gasteiger partial charge in [0.1, 0.15) is 6.61 Å². The second kappa shape index (κ2) is 7.17. The molecule has 0 heterocycles. The normalized spacial score (nSPS) is 26.6. The van der Waals surface area contributed by atoms with Gasteiger partial charge in [-0.05, 0) is 66.2 Å². The van der Waals surface area contributed by atoms with Gasteiger partial charge in [-0.25, -0.2) is 4.79 Å². The maximum Gasteiger partial charge on any atom is 0.407 e. The Balaban J connectivity index is 1.20. The molecule has 3 aliphatic carbocycles. The zero-order valence-corrected chi connectivity index (χ0v) is 16.9. The Morgan fingerprint density at radius 1 is 1.07 bits per heavy atom. The molecule has 4 unspecified atom stereocenters. The lowest BCUT2D eigenvalue weighted by Crippen LogP contribution is -2.48. The molecule has 0 aromatic heterocycles. The van der Waals surface area contributed by atoms with Crippen molar-refractivity contribution in [3.8, 4) is 11.1 Å². The number of hydrogen-bond donors (Lipinski definition) is 2. The van der Waals surface area contributed by atoms with E-state index in [-0.39, 0.29) is 18.4 Å². The highest BCUT2D eigenvalue weighted by Crippen LogP contribution is 2.52. The van der Waals surface area contributed by atoms with Crippen LogP contribution in [0, 0.1) is 17.8 Å². The Morgan fingerprint density at radius 3 is 2.31 bits per heavy atom. The van der Waals surface area contributed by atoms with Crippen LogP contribution in [0.1, 0.15) is 49.7 Å². The average molecular weight is 392 g/mol. The fourth-order valence-corrected chi connectivity index (χ4v) is 6.04. The largest absolute Gasteiger partial charge is 0.449 e. The summed E-state index contributed by atoms with van der Waals surface area (Å²) in [6, 6.07) is 16.6. The maximum atomic E-state index is 12.4. The van der Waals surface area contributed by atoms with Crippen LogP contribution in [0.2, 0.25) is 0 Å². The number of aliphatic hydroxyl groups is 1. The van der Waals surface area contributed by atoms with E-state index in [1.165, 1.54) is 41.5 Å². The van der Waals surface area contributed by atoms with E-state index in [1.54, 1.807) is 0 Å². The Kier molecular flexibility index (Phi) is 4.62. The van der Waals surface area contributed by atoms with Crippen molar-refractivity contribution in [3.63, 3.8) is 0 Å². The van der Waals surface area contributed by atoms with Crippen LogP contribution in [-0.4, -0.2) is 30.0 Å². The highest BCUT2D eigenvalue weighted by molar-refractivity contribution is 5.79. The molecule has 2 bridgehead atoms. The van der Waals surface area contributed by atoms with Crippen molar-refractivity contribution in [2.45, 2.75) is 44.1 Å². The number of ether oxygens (including phenoxy) is 1. The molecule has 152 valence electrons. The fraction of sp³-hybridized carbons (Fsp3) is 0.480. The van der Waals surface area contributed by atoms with Gasteiger partial charge in [-0.2, -0.15) is 0 Å². The number of nitrogens with one attached hydrogen (secondary N) is 1. The first-order valence-corrected chi connectivity index (χ1v) is 10.8. The number of rotatable bonds is 5. The van der Waals surface area contributed by atoms with E-state index in [9.17, 15) is 9.90 Å². The molecule has 0 aliphatic heterocycles. The predicted octanol–water partition coefficient (Wildman–Crippen LogP) is 4.71. The minimum absolute atomic E-state index is 0.0548. The molecule has 0 saturated heterocycles. The van der Waals surface area contributed by atoms with Gasteiger partial charge in [0, 0.05) is 12.5 Å². The molecule has 2 aromatic rings. The van der Waals surface area contributed by atoms with E-state index in [2.05, 4.69) is 29.6 Å². The number of alkyl carbamates (subject to hydrolysis) is 1. The van der Waals surface area contributed by atoms with Crippen molar-refractivity contribution in [1.29, 1.82) is 0 Å². The molecule has 2 N–H and O–H groups in total. The van der Waals surface area contributed by atoms with Gasteiger partial charge in [0.25, 0.3) is 0 Å². The number of hydrogen-bond acceptors (Lipinski definition) is 3. The molecule has 2 saturated carbocycles. The molecule has 4 heteroatoms. The summed E-state index contributed by atoms with van der Waals surface area (Å²) in [5.41, 5.74) is 3.98. The van der Waals surface area contributed by atoms with E-state index < -0.39 is 11.7 Å². The molecule has 1 amide bonds. The third kappa shape index (κ3) is 3.33. The van der Waals surface area contributed by atoms with Crippen molar-refractivity contribution >= 4 is 6.09 Å². The van der Waals surface area contributed by atoms with Gasteiger partial charge in [0.05, 0.1) is 5.60 Å². The van der Waals surface area contributed by atoms with E-state index in [0.29, 0.717) is 12.5 Å². The minimum Gasteiger partial charge on any atom is -0.449 e. The first-order chi connectivity index (χ1) is 14.0. The van der Waals surface area contributed by atoms with E-state index in [1.807, 2.05) is 31.2 Å². The lowest BCUT2D eigenvalue weighted by atomic mass is 9.77. The molecule has 29 heavy (non-hydrogen) atoms. The molecule has 4 nitrogen and oxygen atoms in total. The van der Waals surface area contributed by atoms with Gasteiger partial charge in [-0.1, -0.05) is 55.0 Å². The van der Waals surface area contributed by atoms with Crippen molar-refractivity contribution in [3.05, 3.63) is 59.7 Å². The molecule has 5 rings (SSSR count). The molecule has 2 fully saturated rings. The third-order valence-electron chi connectivity index (χ3n) is 7.47. The van der Waals surface area contributed by atoms with Gasteiger partial charge in [-0.15, -0.1) is 0 Å². The Bertz CT molecular complexity index is 876. The lowest BCUT2D eigenvalue weighted by molar-refractivity contribution is -0.0230. The van der Waals surface area contributed by atoms with Gasteiger partial charge in [-0.3, -0.25) is 0 Å². The smallest absolute Gasteiger partial charge is 0.407 e. The molecule has 3 aliphatic rings. The molecular weight excluding hydrogens is 362 g/mol. The summed E-state index contributed by atoms with van der Waals surface area (Å²) in [5, 5.41) is 13.8. The van der Waals surface area contributed by atoms with Crippen LogP contribution in [0.3, 0.4) is 0 Å². The van der Waals surface area contributed by atoms with Gasteiger partial charge in [0.15, 0.2) is 0 Å². The van der Waals surface area contributed by atoms with Crippen molar-refractivity contribution in [2.24, 2.45) is 17.8 Å². The zero-order valence-electron chi connectivity index (χ0n) is 16.9. The third-order valence-corrected chi connectivity index (χ3v) is 7.47.